The average Bonchev–Trinajstić information content (AvgIpc) is 2.28. The second kappa shape index (κ2) is 3.40. The van der Waals surface area contributed by atoms with Crippen molar-refractivity contribution in [3.05, 3.63) is 49.9 Å². The van der Waals surface area contributed by atoms with Crippen LogP contribution in [0, 0.1) is 0 Å². The quantitative estimate of drug-likeness (QED) is 0.706. The molecule has 0 bridgehead atoms. The van der Waals surface area contributed by atoms with E-state index >= 15 is 0 Å². The van der Waals surface area contributed by atoms with Crippen LogP contribution in [0.2, 0.25) is 5.02 Å². The fraction of sp³-hybridized carbons (Fsp3) is 0. The van der Waals surface area contributed by atoms with Crippen molar-refractivity contribution in [2.45, 2.75) is 0 Å². The first-order valence-electron chi connectivity index (χ1n) is 4.14. The first-order valence-corrected chi connectivity index (χ1v) is 4.51. The number of aromatic nitrogens is 1. The van der Waals surface area contributed by atoms with Crippen LogP contribution in [0.15, 0.2) is 33.9 Å². The van der Waals surface area contributed by atoms with Crippen molar-refractivity contribution in [3.8, 4) is 5.75 Å². The van der Waals surface area contributed by atoms with E-state index in [2.05, 4.69) is 4.98 Å². The van der Waals surface area contributed by atoms with Gasteiger partial charge in [0.25, 0.3) is 5.56 Å². The average molecular weight is 224 g/mol. The van der Waals surface area contributed by atoms with E-state index in [9.17, 15) is 9.59 Å². The van der Waals surface area contributed by atoms with Crippen molar-refractivity contribution >= 4 is 22.5 Å². The highest BCUT2D eigenvalue weighted by Crippen LogP contribution is 2.13. The zero-order valence-electron chi connectivity index (χ0n) is 7.45. The zero-order valence-corrected chi connectivity index (χ0v) is 8.21. The molecule has 2 rings (SSSR count). The highest BCUT2D eigenvalue weighted by Gasteiger charge is 2.02. The fourth-order valence-electron chi connectivity index (χ4n) is 1.28. The van der Waals surface area contributed by atoms with Crippen LogP contribution >= 0.6 is 11.6 Å². The molecule has 1 aromatic carbocycles. The number of rotatable bonds is 0. The van der Waals surface area contributed by atoms with Crippen LogP contribution in [-0.2, 0) is 0 Å². The first-order chi connectivity index (χ1) is 7.08. The minimum Gasteiger partial charge on any atom is -0.503 e. The van der Waals surface area contributed by atoms with Crippen molar-refractivity contribution in [3.63, 3.8) is 0 Å². The Kier molecular flexibility index (Phi) is 2.21. The molecule has 76 valence electrons. The number of nitrogens with one attached hydrogen (secondary N) is 1. The lowest BCUT2D eigenvalue weighted by Gasteiger charge is -1.91. The van der Waals surface area contributed by atoms with Crippen molar-refractivity contribution < 1.29 is 5.11 Å². The Morgan fingerprint density at radius 3 is 2.67 bits per heavy atom. The van der Waals surface area contributed by atoms with E-state index in [1.165, 1.54) is 12.1 Å². The molecule has 0 aliphatic heterocycles. The Morgan fingerprint density at radius 1 is 1.20 bits per heavy atom. The molecule has 2 aromatic rings. The van der Waals surface area contributed by atoms with Gasteiger partial charge in [0.15, 0.2) is 11.2 Å². The third-order valence-corrected chi connectivity index (χ3v) is 2.23. The lowest BCUT2D eigenvalue weighted by molar-refractivity contribution is 0.468. The molecule has 1 heterocycles. The summed E-state index contributed by atoms with van der Waals surface area (Å²) in [6.45, 7) is 0. The molecule has 0 aliphatic carbocycles. The Hall–Kier alpha value is -1.81. The molecule has 5 heteroatoms. The van der Waals surface area contributed by atoms with Gasteiger partial charge >= 0.3 is 0 Å². The monoisotopic (exact) mass is 223 g/mol. The predicted molar refractivity (Wildman–Crippen MR) is 57.5 cm³/mol. The number of H-pyrrole nitrogens is 1. The van der Waals surface area contributed by atoms with Crippen LogP contribution in [0.1, 0.15) is 0 Å². The lowest BCUT2D eigenvalue weighted by atomic mass is 10.2. The molecular weight excluding hydrogens is 218 g/mol. The molecule has 0 amide bonds. The second-order valence-corrected chi connectivity index (χ2v) is 3.47. The minimum absolute atomic E-state index is 0.264. The standard InChI is InChI=1S/C10H6ClNO3/c11-5-1-2-7-6(3-5)8(13)4-9(14)10(15)12-7/h1-4,14H,(H,12,15). The summed E-state index contributed by atoms with van der Waals surface area (Å²) in [6.07, 6.45) is 0. The second-order valence-electron chi connectivity index (χ2n) is 3.04. The van der Waals surface area contributed by atoms with E-state index in [0.717, 1.165) is 6.07 Å². The summed E-state index contributed by atoms with van der Waals surface area (Å²) in [5.74, 6) is -0.604. The van der Waals surface area contributed by atoms with Crippen LogP contribution < -0.4 is 11.0 Å². The largest absolute Gasteiger partial charge is 0.503 e. The Bertz CT molecular complexity index is 648. The van der Waals surface area contributed by atoms with Gasteiger partial charge in [-0.15, -0.1) is 0 Å². The van der Waals surface area contributed by atoms with Crippen molar-refractivity contribution in [2.24, 2.45) is 0 Å². The number of benzene rings is 1. The molecule has 0 saturated heterocycles. The maximum atomic E-state index is 11.5. The highest BCUT2D eigenvalue weighted by molar-refractivity contribution is 6.31. The predicted octanol–water partition coefficient (Wildman–Crippen LogP) is 1.25. The SMILES string of the molecule is O=c1[nH]c2ccc(Cl)cc2c(=O)cc1O. The van der Waals surface area contributed by atoms with Gasteiger partial charge in [0.2, 0.25) is 0 Å². The molecule has 0 atom stereocenters. The number of hydrogen-bond acceptors (Lipinski definition) is 3. The van der Waals surface area contributed by atoms with Gasteiger partial charge in [-0.3, -0.25) is 9.59 Å². The van der Waals surface area contributed by atoms with Gasteiger partial charge in [-0.1, -0.05) is 11.6 Å². The number of hydrogen-bond donors (Lipinski definition) is 2. The molecule has 0 fully saturated rings. The van der Waals surface area contributed by atoms with E-state index < -0.39 is 16.7 Å². The summed E-state index contributed by atoms with van der Waals surface area (Å²) >= 11 is 5.72. The van der Waals surface area contributed by atoms with Crippen molar-refractivity contribution in [2.75, 3.05) is 0 Å². The topological polar surface area (TPSA) is 70.2 Å². The third kappa shape index (κ3) is 1.71. The first kappa shape index (κ1) is 9.73. The van der Waals surface area contributed by atoms with Gasteiger partial charge in [0, 0.05) is 16.5 Å². The zero-order chi connectivity index (χ0) is 11.0. The van der Waals surface area contributed by atoms with E-state index in [-0.39, 0.29) is 5.39 Å². The molecule has 0 aliphatic rings. The molecule has 0 unspecified atom stereocenters. The molecule has 0 spiro atoms. The maximum absolute atomic E-state index is 11.5. The molecule has 2 N–H and O–H groups in total. The minimum atomic E-state index is -0.704. The van der Waals surface area contributed by atoms with Crippen molar-refractivity contribution in [1.29, 1.82) is 0 Å². The molecule has 15 heavy (non-hydrogen) atoms. The number of aromatic hydroxyl groups is 1. The normalized spacial score (nSPS) is 10.5. The number of aromatic amines is 1. The Balaban J connectivity index is 3.10. The van der Waals surface area contributed by atoms with Gasteiger partial charge in [-0.2, -0.15) is 0 Å². The molecule has 0 saturated carbocycles. The van der Waals surface area contributed by atoms with E-state index in [0.29, 0.717) is 10.5 Å². The summed E-state index contributed by atoms with van der Waals surface area (Å²) in [7, 11) is 0. The maximum Gasteiger partial charge on any atom is 0.290 e. The van der Waals surface area contributed by atoms with Gasteiger partial charge in [-0.05, 0) is 18.2 Å². The summed E-state index contributed by atoms with van der Waals surface area (Å²) in [5.41, 5.74) is -0.817. The molecule has 4 nitrogen and oxygen atoms in total. The highest BCUT2D eigenvalue weighted by atomic mass is 35.5. The Labute approximate surface area is 88.8 Å². The molecule has 0 radical (unpaired) electrons. The summed E-state index contributed by atoms with van der Waals surface area (Å²) in [6, 6.07) is 5.38. The van der Waals surface area contributed by atoms with E-state index in [4.69, 9.17) is 16.7 Å². The molecule has 1 aromatic heterocycles. The summed E-state index contributed by atoms with van der Waals surface area (Å²) in [5, 5.41) is 9.82. The van der Waals surface area contributed by atoms with Crippen LogP contribution in [-0.4, -0.2) is 10.1 Å². The van der Waals surface area contributed by atoms with E-state index in [1.54, 1.807) is 6.07 Å². The number of halogens is 1. The fourth-order valence-corrected chi connectivity index (χ4v) is 1.46. The van der Waals surface area contributed by atoms with Gasteiger partial charge in [0.1, 0.15) is 0 Å². The van der Waals surface area contributed by atoms with Gasteiger partial charge < -0.3 is 10.1 Å². The van der Waals surface area contributed by atoms with Gasteiger partial charge in [0.05, 0.1) is 5.52 Å². The van der Waals surface area contributed by atoms with Crippen LogP contribution in [0.5, 0.6) is 5.75 Å². The van der Waals surface area contributed by atoms with Crippen LogP contribution in [0.25, 0.3) is 10.9 Å². The van der Waals surface area contributed by atoms with Crippen molar-refractivity contribution in [1.82, 2.24) is 4.98 Å². The van der Waals surface area contributed by atoms with E-state index in [1.807, 2.05) is 0 Å². The lowest BCUT2D eigenvalue weighted by Crippen LogP contribution is -2.00. The van der Waals surface area contributed by atoms with Crippen LogP contribution in [0.4, 0.5) is 0 Å². The van der Waals surface area contributed by atoms with Gasteiger partial charge in [-0.25, -0.2) is 0 Å². The molecular formula is C10H6ClNO3. The summed E-state index contributed by atoms with van der Waals surface area (Å²) < 4.78 is 0. The number of fused-ring (bicyclic) bond motifs is 1. The third-order valence-electron chi connectivity index (χ3n) is 2.00. The Morgan fingerprint density at radius 2 is 1.93 bits per heavy atom. The summed E-state index contributed by atoms with van der Waals surface area (Å²) in [4.78, 5) is 25.1. The smallest absolute Gasteiger partial charge is 0.290 e. The van der Waals surface area contributed by atoms with Crippen LogP contribution in [0.3, 0.4) is 0 Å².